The number of hydrazine groups is 1. The summed E-state index contributed by atoms with van der Waals surface area (Å²) in [5, 5.41) is 4.73. The van der Waals surface area contributed by atoms with Crippen LogP contribution in [0.15, 0.2) is 48.5 Å². The third-order valence-electron chi connectivity index (χ3n) is 4.89. The number of carbonyl (C=O) groups is 3. The van der Waals surface area contributed by atoms with Crippen molar-refractivity contribution in [2.45, 2.75) is 25.8 Å². The van der Waals surface area contributed by atoms with Crippen molar-refractivity contribution in [1.82, 2.24) is 15.3 Å². The van der Waals surface area contributed by atoms with E-state index in [0.29, 0.717) is 23.0 Å². The number of carbonyl (C=O) groups excluding carboxylic acids is 3. The number of ether oxygens (including phenoxy) is 1. The molecular formula is C22H23ClN4O4S. The van der Waals surface area contributed by atoms with Gasteiger partial charge in [-0.2, -0.15) is 0 Å². The topological polar surface area (TPSA) is 91.0 Å². The van der Waals surface area contributed by atoms with Gasteiger partial charge in [0.1, 0.15) is 11.8 Å². The number of methoxy groups -OCH3 is 1. The summed E-state index contributed by atoms with van der Waals surface area (Å²) in [4.78, 5) is 39.4. The van der Waals surface area contributed by atoms with Crippen molar-refractivity contribution in [2.75, 3.05) is 19.0 Å². The Balaban J connectivity index is 1.68. The number of halogens is 1. The van der Waals surface area contributed by atoms with E-state index < -0.39 is 6.04 Å². The Hall–Kier alpha value is -3.17. The van der Waals surface area contributed by atoms with Gasteiger partial charge in [-0.1, -0.05) is 23.7 Å². The van der Waals surface area contributed by atoms with Crippen LogP contribution in [0.5, 0.6) is 5.75 Å². The molecule has 0 saturated carbocycles. The number of benzene rings is 2. The molecule has 1 fully saturated rings. The van der Waals surface area contributed by atoms with E-state index in [9.17, 15) is 14.4 Å². The number of hydrogen-bond acceptors (Lipinski definition) is 5. The van der Waals surface area contributed by atoms with Crippen LogP contribution in [0.4, 0.5) is 5.69 Å². The van der Waals surface area contributed by atoms with Crippen molar-refractivity contribution in [2.24, 2.45) is 0 Å². The summed E-state index contributed by atoms with van der Waals surface area (Å²) in [7, 11) is 1.57. The fourth-order valence-electron chi connectivity index (χ4n) is 3.27. The van der Waals surface area contributed by atoms with Crippen LogP contribution < -0.4 is 15.5 Å². The predicted octanol–water partition coefficient (Wildman–Crippen LogP) is 2.77. The van der Waals surface area contributed by atoms with Crippen molar-refractivity contribution in [3.8, 4) is 5.75 Å². The monoisotopic (exact) mass is 474 g/mol. The first-order chi connectivity index (χ1) is 15.3. The van der Waals surface area contributed by atoms with Gasteiger partial charge < -0.3 is 10.1 Å². The minimum absolute atomic E-state index is 0.0765. The van der Waals surface area contributed by atoms with Crippen molar-refractivity contribution < 1.29 is 19.1 Å². The molecular weight excluding hydrogens is 452 g/mol. The van der Waals surface area contributed by atoms with Crippen LogP contribution in [0.1, 0.15) is 18.9 Å². The maximum absolute atomic E-state index is 12.8. The minimum atomic E-state index is -0.936. The summed E-state index contributed by atoms with van der Waals surface area (Å²) in [6.45, 7) is 2.11. The molecule has 1 saturated heterocycles. The lowest BCUT2D eigenvalue weighted by Gasteiger charge is -2.24. The largest absolute Gasteiger partial charge is 0.497 e. The molecule has 0 aromatic heterocycles. The fourth-order valence-corrected chi connectivity index (χ4v) is 3.78. The average molecular weight is 475 g/mol. The van der Waals surface area contributed by atoms with E-state index in [2.05, 4.69) is 10.7 Å². The number of likely N-dealkylation sites (N-methyl/N-ethyl adjacent to an activating group) is 1. The van der Waals surface area contributed by atoms with E-state index in [1.54, 1.807) is 62.6 Å². The second-order valence-electron chi connectivity index (χ2n) is 7.07. The third-order valence-corrected chi connectivity index (χ3v) is 5.56. The van der Waals surface area contributed by atoms with Crippen LogP contribution in [0.3, 0.4) is 0 Å². The SMILES string of the molecule is CCN1C(=O)[C@@H](CC(=O)Nc2ccc(Cl)cc2)N(NC(=O)Cc2ccc(OC)cc2)C1=S. The van der Waals surface area contributed by atoms with Gasteiger partial charge >= 0.3 is 0 Å². The van der Waals surface area contributed by atoms with Gasteiger partial charge in [-0.15, -0.1) is 0 Å². The highest BCUT2D eigenvalue weighted by molar-refractivity contribution is 7.80. The van der Waals surface area contributed by atoms with E-state index in [4.69, 9.17) is 28.6 Å². The smallest absolute Gasteiger partial charge is 0.254 e. The molecule has 2 aromatic carbocycles. The van der Waals surface area contributed by atoms with Crippen LogP contribution >= 0.6 is 23.8 Å². The van der Waals surface area contributed by atoms with Gasteiger partial charge in [0.25, 0.3) is 5.91 Å². The maximum Gasteiger partial charge on any atom is 0.254 e. The molecule has 10 heteroatoms. The summed E-state index contributed by atoms with van der Waals surface area (Å²) in [6, 6.07) is 12.8. The molecule has 168 valence electrons. The highest BCUT2D eigenvalue weighted by Crippen LogP contribution is 2.20. The first kappa shape index (κ1) is 23.5. The predicted molar refractivity (Wildman–Crippen MR) is 125 cm³/mol. The van der Waals surface area contributed by atoms with Gasteiger partial charge in [0.05, 0.1) is 20.0 Å². The lowest BCUT2D eigenvalue weighted by molar-refractivity contribution is -0.132. The Morgan fingerprint density at radius 3 is 2.34 bits per heavy atom. The third kappa shape index (κ3) is 5.54. The summed E-state index contributed by atoms with van der Waals surface area (Å²) in [5.74, 6) is -0.397. The summed E-state index contributed by atoms with van der Waals surface area (Å²) < 4.78 is 5.12. The van der Waals surface area contributed by atoms with Crippen molar-refractivity contribution in [1.29, 1.82) is 0 Å². The summed E-state index contributed by atoms with van der Waals surface area (Å²) >= 11 is 11.2. The highest BCUT2D eigenvalue weighted by atomic mass is 35.5. The Labute approximate surface area is 196 Å². The second-order valence-corrected chi connectivity index (χ2v) is 7.87. The molecule has 3 rings (SSSR count). The fraction of sp³-hybridized carbons (Fsp3) is 0.273. The number of amides is 3. The van der Waals surface area contributed by atoms with E-state index in [1.807, 2.05) is 0 Å². The maximum atomic E-state index is 12.8. The highest BCUT2D eigenvalue weighted by Gasteiger charge is 2.43. The Morgan fingerprint density at radius 1 is 1.09 bits per heavy atom. The number of thiocarbonyl (C=S) groups is 1. The molecule has 0 unspecified atom stereocenters. The Kier molecular flexibility index (Phi) is 7.66. The van der Waals surface area contributed by atoms with Crippen molar-refractivity contribution in [3.05, 3.63) is 59.1 Å². The lowest BCUT2D eigenvalue weighted by atomic mass is 10.1. The standard InChI is InChI=1S/C22H23ClN4O4S/c1-3-26-21(30)18(13-19(28)24-16-8-6-15(23)7-9-16)27(22(26)32)25-20(29)12-14-4-10-17(31-2)11-5-14/h4-11,18H,3,12-13H2,1-2H3,(H,24,28)(H,25,29)/t18-/m1/s1. The van der Waals surface area contributed by atoms with E-state index in [1.165, 1.54) is 9.91 Å². The van der Waals surface area contributed by atoms with Gasteiger partial charge in [0.15, 0.2) is 5.11 Å². The molecule has 1 heterocycles. The van der Waals surface area contributed by atoms with Crippen molar-refractivity contribution in [3.63, 3.8) is 0 Å². The van der Waals surface area contributed by atoms with Gasteiger partial charge in [0.2, 0.25) is 11.8 Å². The molecule has 8 nitrogen and oxygen atoms in total. The zero-order valence-corrected chi connectivity index (χ0v) is 19.2. The van der Waals surface area contributed by atoms with Crippen LogP contribution in [0.25, 0.3) is 0 Å². The summed E-state index contributed by atoms with van der Waals surface area (Å²) in [6.07, 6.45) is -0.103. The minimum Gasteiger partial charge on any atom is -0.497 e. The quantitative estimate of drug-likeness (QED) is 0.572. The van der Waals surface area contributed by atoms with Gasteiger partial charge in [-0.05, 0) is 61.1 Å². The number of nitrogens with zero attached hydrogens (tertiary/aromatic N) is 2. The summed E-state index contributed by atoms with van der Waals surface area (Å²) in [5.41, 5.74) is 4.01. The van der Waals surface area contributed by atoms with E-state index >= 15 is 0 Å². The molecule has 3 amide bonds. The van der Waals surface area contributed by atoms with E-state index in [0.717, 1.165) is 5.56 Å². The molecule has 1 atom stereocenters. The number of nitrogens with one attached hydrogen (secondary N) is 2. The molecule has 2 N–H and O–H groups in total. The van der Waals surface area contributed by atoms with Crippen LogP contribution in [0.2, 0.25) is 5.02 Å². The molecule has 0 radical (unpaired) electrons. The molecule has 1 aliphatic rings. The Bertz CT molecular complexity index is 1010. The van der Waals surface area contributed by atoms with Crippen LogP contribution in [-0.4, -0.2) is 52.4 Å². The zero-order chi connectivity index (χ0) is 23.3. The molecule has 1 aliphatic heterocycles. The van der Waals surface area contributed by atoms with Gasteiger partial charge in [-0.3, -0.25) is 24.7 Å². The first-order valence-electron chi connectivity index (χ1n) is 9.94. The van der Waals surface area contributed by atoms with Gasteiger partial charge in [-0.25, -0.2) is 5.01 Å². The Morgan fingerprint density at radius 2 is 1.75 bits per heavy atom. The number of hydrogen-bond donors (Lipinski definition) is 2. The molecule has 2 aromatic rings. The van der Waals surface area contributed by atoms with Gasteiger partial charge in [0, 0.05) is 17.3 Å². The zero-order valence-electron chi connectivity index (χ0n) is 17.6. The average Bonchev–Trinajstić information content (AvgIpc) is 2.99. The molecule has 0 aliphatic carbocycles. The van der Waals surface area contributed by atoms with E-state index in [-0.39, 0.29) is 35.7 Å². The second kappa shape index (κ2) is 10.4. The molecule has 0 bridgehead atoms. The van der Waals surface area contributed by atoms with Crippen molar-refractivity contribution >= 4 is 52.3 Å². The number of rotatable bonds is 8. The first-order valence-corrected chi connectivity index (χ1v) is 10.7. The molecule has 0 spiro atoms. The lowest BCUT2D eigenvalue weighted by Crippen LogP contribution is -2.50. The number of anilines is 1. The molecule has 32 heavy (non-hydrogen) atoms. The van der Waals surface area contributed by atoms with Crippen LogP contribution in [0, 0.1) is 0 Å². The van der Waals surface area contributed by atoms with Crippen LogP contribution in [-0.2, 0) is 20.8 Å². The normalized spacial score (nSPS) is 15.7.